The standard InChI is InChI=1S/C13H17ClN4/c1-4-5-6-11-9(2)17-18(10(11)3)13-8-7-12(14)15-16-13/h7-8H,4-6H2,1-3H3. The summed E-state index contributed by atoms with van der Waals surface area (Å²) in [6, 6.07) is 3.56. The molecule has 0 atom stereocenters. The minimum atomic E-state index is 0.395. The zero-order chi connectivity index (χ0) is 13.1. The number of hydrogen-bond acceptors (Lipinski definition) is 3. The molecule has 0 N–H and O–H groups in total. The van der Waals surface area contributed by atoms with E-state index >= 15 is 0 Å². The highest BCUT2D eigenvalue weighted by Gasteiger charge is 2.13. The number of halogens is 1. The number of hydrogen-bond donors (Lipinski definition) is 0. The Morgan fingerprint density at radius 1 is 1.22 bits per heavy atom. The van der Waals surface area contributed by atoms with Gasteiger partial charge >= 0.3 is 0 Å². The molecule has 2 rings (SSSR count). The van der Waals surface area contributed by atoms with E-state index in [2.05, 4.69) is 29.1 Å². The Bertz CT molecular complexity index is 531. The summed E-state index contributed by atoms with van der Waals surface area (Å²) in [5.74, 6) is 0.711. The lowest BCUT2D eigenvalue weighted by Crippen LogP contribution is -2.03. The van der Waals surface area contributed by atoms with Crippen LogP contribution in [0, 0.1) is 13.8 Å². The Morgan fingerprint density at radius 2 is 2.00 bits per heavy atom. The summed E-state index contributed by atoms with van der Waals surface area (Å²) < 4.78 is 1.84. The maximum atomic E-state index is 5.74. The molecule has 0 saturated carbocycles. The van der Waals surface area contributed by atoms with E-state index in [-0.39, 0.29) is 0 Å². The van der Waals surface area contributed by atoms with Crippen LogP contribution < -0.4 is 0 Å². The fourth-order valence-corrected chi connectivity index (χ4v) is 2.14. The molecule has 0 aliphatic heterocycles. The van der Waals surface area contributed by atoms with E-state index in [1.165, 1.54) is 18.4 Å². The Hall–Kier alpha value is -1.42. The van der Waals surface area contributed by atoms with Gasteiger partial charge in [0, 0.05) is 5.69 Å². The first kappa shape index (κ1) is 13.0. The molecule has 5 heteroatoms. The van der Waals surface area contributed by atoms with Gasteiger partial charge in [0.05, 0.1) is 5.69 Å². The first-order valence-corrected chi connectivity index (χ1v) is 6.56. The molecule has 0 aliphatic carbocycles. The summed E-state index contributed by atoms with van der Waals surface area (Å²) in [6.07, 6.45) is 3.43. The van der Waals surface area contributed by atoms with Crippen LogP contribution in [0.2, 0.25) is 5.15 Å². The Morgan fingerprint density at radius 3 is 2.61 bits per heavy atom. The predicted octanol–water partition coefficient (Wildman–Crippen LogP) is 3.28. The van der Waals surface area contributed by atoms with Gasteiger partial charge in [-0.05, 0) is 44.4 Å². The van der Waals surface area contributed by atoms with E-state index in [9.17, 15) is 0 Å². The van der Waals surface area contributed by atoms with Crippen molar-refractivity contribution >= 4 is 11.6 Å². The summed E-state index contributed by atoms with van der Waals surface area (Å²) in [5, 5.41) is 12.8. The molecule has 0 aromatic carbocycles. The third kappa shape index (κ3) is 2.53. The fourth-order valence-electron chi connectivity index (χ4n) is 2.04. The van der Waals surface area contributed by atoms with E-state index < -0.39 is 0 Å². The van der Waals surface area contributed by atoms with Gasteiger partial charge in [-0.25, -0.2) is 4.68 Å². The molecule has 0 unspecified atom stereocenters. The lowest BCUT2D eigenvalue weighted by Gasteiger charge is -2.03. The van der Waals surface area contributed by atoms with Crippen molar-refractivity contribution in [1.29, 1.82) is 0 Å². The van der Waals surface area contributed by atoms with Crippen LogP contribution in [0.3, 0.4) is 0 Å². The van der Waals surface area contributed by atoms with Gasteiger partial charge in [-0.3, -0.25) is 0 Å². The zero-order valence-electron chi connectivity index (χ0n) is 10.9. The summed E-state index contributed by atoms with van der Waals surface area (Å²) in [4.78, 5) is 0. The molecule has 0 radical (unpaired) electrons. The molecule has 0 bridgehead atoms. The van der Waals surface area contributed by atoms with Gasteiger partial charge in [0.15, 0.2) is 11.0 Å². The largest absolute Gasteiger partial charge is 0.217 e. The van der Waals surface area contributed by atoms with E-state index in [4.69, 9.17) is 11.6 Å². The summed E-state index contributed by atoms with van der Waals surface area (Å²) in [6.45, 7) is 6.30. The number of aryl methyl sites for hydroxylation is 1. The molecule has 2 aromatic heterocycles. The van der Waals surface area contributed by atoms with Gasteiger partial charge in [0.25, 0.3) is 0 Å². The highest BCUT2D eigenvalue weighted by atomic mass is 35.5. The molecule has 0 fully saturated rings. The lowest BCUT2D eigenvalue weighted by molar-refractivity contribution is 0.772. The monoisotopic (exact) mass is 264 g/mol. The third-order valence-corrected chi connectivity index (χ3v) is 3.26. The normalized spacial score (nSPS) is 10.9. The Labute approximate surface area is 112 Å². The minimum absolute atomic E-state index is 0.395. The van der Waals surface area contributed by atoms with Gasteiger partial charge in [-0.15, -0.1) is 10.2 Å². The second-order valence-corrected chi connectivity index (χ2v) is 4.77. The van der Waals surface area contributed by atoms with Crippen molar-refractivity contribution in [2.24, 2.45) is 0 Å². The van der Waals surface area contributed by atoms with Gasteiger partial charge in [-0.1, -0.05) is 24.9 Å². The zero-order valence-corrected chi connectivity index (χ0v) is 11.7. The molecule has 0 saturated heterocycles. The molecule has 0 aliphatic rings. The smallest absolute Gasteiger partial charge is 0.176 e. The van der Waals surface area contributed by atoms with Crippen molar-refractivity contribution in [2.45, 2.75) is 40.0 Å². The molecular weight excluding hydrogens is 248 g/mol. The van der Waals surface area contributed by atoms with Crippen LogP contribution in [0.5, 0.6) is 0 Å². The first-order valence-electron chi connectivity index (χ1n) is 6.18. The SMILES string of the molecule is CCCCc1c(C)nn(-c2ccc(Cl)nn2)c1C. The highest BCUT2D eigenvalue weighted by molar-refractivity contribution is 6.29. The van der Waals surface area contributed by atoms with Gasteiger partial charge in [-0.2, -0.15) is 5.10 Å². The van der Waals surface area contributed by atoms with Crippen molar-refractivity contribution in [3.8, 4) is 5.82 Å². The van der Waals surface area contributed by atoms with Crippen LogP contribution in [0.4, 0.5) is 0 Å². The minimum Gasteiger partial charge on any atom is -0.217 e. The summed E-state index contributed by atoms with van der Waals surface area (Å²) >= 11 is 5.74. The van der Waals surface area contributed by atoms with Crippen LogP contribution in [0.25, 0.3) is 5.82 Å². The summed E-state index contributed by atoms with van der Waals surface area (Å²) in [7, 11) is 0. The Balaban J connectivity index is 2.37. The van der Waals surface area contributed by atoms with Crippen molar-refractivity contribution in [3.63, 3.8) is 0 Å². The van der Waals surface area contributed by atoms with E-state index in [0.29, 0.717) is 11.0 Å². The van der Waals surface area contributed by atoms with Crippen molar-refractivity contribution in [3.05, 3.63) is 34.2 Å². The van der Waals surface area contributed by atoms with E-state index in [1.54, 1.807) is 6.07 Å². The number of nitrogens with zero attached hydrogens (tertiary/aromatic N) is 4. The van der Waals surface area contributed by atoms with Crippen molar-refractivity contribution in [1.82, 2.24) is 20.0 Å². The molecule has 2 heterocycles. The van der Waals surface area contributed by atoms with Crippen LogP contribution in [-0.4, -0.2) is 20.0 Å². The van der Waals surface area contributed by atoms with Gasteiger partial charge in [0.2, 0.25) is 0 Å². The molecule has 0 amide bonds. The molecule has 18 heavy (non-hydrogen) atoms. The maximum Gasteiger partial charge on any atom is 0.176 e. The van der Waals surface area contributed by atoms with Crippen LogP contribution in [0.15, 0.2) is 12.1 Å². The maximum absolute atomic E-state index is 5.74. The van der Waals surface area contributed by atoms with Crippen LogP contribution in [0.1, 0.15) is 36.7 Å². The molecule has 4 nitrogen and oxygen atoms in total. The van der Waals surface area contributed by atoms with Crippen molar-refractivity contribution in [2.75, 3.05) is 0 Å². The molecular formula is C13H17ClN4. The van der Waals surface area contributed by atoms with Crippen LogP contribution >= 0.6 is 11.6 Å². The topological polar surface area (TPSA) is 43.6 Å². The van der Waals surface area contributed by atoms with Crippen molar-refractivity contribution < 1.29 is 0 Å². The van der Waals surface area contributed by atoms with Crippen LogP contribution in [-0.2, 0) is 6.42 Å². The predicted molar refractivity (Wildman–Crippen MR) is 72.3 cm³/mol. The quantitative estimate of drug-likeness (QED) is 0.851. The number of aromatic nitrogens is 4. The molecule has 96 valence electrons. The summed E-state index contributed by atoms with van der Waals surface area (Å²) in [5.41, 5.74) is 3.52. The molecule has 0 spiro atoms. The Kier molecular flexibility index (Phi) is 3.97. The van der Waals surface area contributed by atoms with E-state index in [0.717, 1.165) is 17.8 Å². The fraction of sp³-hybridized carbons (Fsp3) is 0.462. The first-order chi connectivity index (χ1) is 8.63. The average molecular weight is 265 g/mol. The van der Waals surface area contributed by atoms with Gasteiger partial charge in [0.1, 0.15) is 0 Å². The third-order valence-electron chi connectivity index (χ3n) is 3.06. The number of unbranched alkanes of at least 4 members (excludes halogenated alkanes) is 1. The van der Waals surface area contributed by atoms with E-state index in [1.807, 2.05) is 17.7 Å². The molecule has 2 aromatic rings. The lowest BCUT2D eigenvalue weighted by atomic mass is 10.1. The second kappa shape index (κ2) is 5.48. The second-order valence-electron chi connectivity index (χ2n) is 4.38. The highest BCUT2D eigenvalue weighted by Crippen LogP contribution is 2.18. The number of rotatable bonds is 4. The average Bonchev–Trinajstić information content (AvgIpc) is 2.64. The van der Waals surface area contributed by atoms with Gasteiger partial charge < -0.3 is 0 Å².